The molecule has 0 spiro atoms. The van der Waals surface area contributed by atoms with Crippen LogP contribution in [-0.2, 0) is 20.2 Å². The van der Waals surface area contributed by atoms with Gasteiger partial charge in [-0.25, -0.2) is 0 Å². The number of hydrogen-bond donors (Lipinski definition) is 1. The molecule has 0 unspecified atom stereocenters. The van der Waals surface area contributed by atoms with E-state index in [1.165, 1.54) is 11.1 Å². The molecule has 4 nitrogen and oxygen atoms in total. The van der Waals surface area contributed by atoms with E-state index in [0.29, 0.717) is 6.61 Å². The number of nitrogens with one attached hydrogen (secondary N) is 1. The SMILES string of the molecule is Cc1ccc(OCc2ccn(C)n2)c(CNC(C)(C)C)c1. The molecule has 1 aromatic heterocycles. The van der Waals surface area contributed by atoms with Gasteiger partial charge in [-0.3, -0.25) is 4.68 Å². The standard InChI is InChI=1S/C17H25N3O/c1-13-6-7-16(14(10-13)11-18-17(2,3)4)21-12-15-8-9-20(5)19-15/h6-10,18H,11-12H2,1-5H3. The summed E-state index contributed by atoms with van der Waals surface area (Å²) in [4.78, 5) is 0. The Hall–Kier alpha value is -1.81. The highest BCUT2D eigenvalue weighted by atomic mass is 16.5. The Morgan fingerprint density at radius 1 is 1.24 bits per heavy atom. The van der Waals surface area contributed by atoms with Gasteiger partial charge >= 0.3 is 0 Å². The Labute approximate surface area is 127 Å². The van der Waals surface area contributed by atoms with Crippen molar-refractivity contribution in [2.45, 2.75) is 46.4 Å². The maximum Gasteiger partial charge on any atom is 0.132 e. The molecule has 1 aromatic carbocycles. The molecular formula is C17H25N3O. The molecule has 0 saturated heterocycles. The molecule has 1 heterocycles. The second-order valence-electron chi connectivity index (χ2n) is 6.48. The minimum atomic E-state index is 0.0853. The molecule has 0 aliphatic heterocycles. The third kappa shape index (κ3) is 4.90. The largest absolute Gasteiger partial charge is 0.487 e. The lowest BCUT2D eigenvalue weighted by Gasteiger charge is -2.22. The molecule has 114 valence electrons. The molecular weight excluding hydrogens is 262 g/mol. The first-order valence-corrected chi connectivity index (χ1v) is 7.29. The fraction of sp³-hybridized carbons (Fsp3) is 0.471. The van der Waals surface area contributed by atoms with Crippen LogP contribution in [0.2, 0.25) is 0 Å². The van der Waals surface area contributed by atoms with Gasteiger partial charge in [0.1, 0.15) is 12.4 Å². The first-order chi connectivity index (χ1) is 9.83. The van der Waals surface area contributed by atoms with Gasteiger partial charge in [0.25, 0.3) is 0 Å². The lowest BCUT2D eigenvalue weighted by Crippen LogP contribution is -2.35. The Balaban J connectivity index is 2.07. The van der Waals surface area contributed by atoms with E-state index in [-0.39, 0.29) is 5.54 Å². The number of nitrogens with zero attached hydrogens (tertiary/aromatic N) is 2. The molecule has 0 radical (unpaired) electrons. The quantitative estimate of drug-likeness (QED) is 0.918. The Kier molecular flexibility index (Phi) is 4.68. The molecule has 0 saturated carbocycles. The number of aryl methyl sites for hydroxylation is 2. The number of ether oxygens (including phenoxy) is 1. The monoisotopic (exact) mass is 287 g/mol. The first-order valence-electron chi connectivity index (χ1n) is 7.29. The van der Waals surface area contributed by atoms with Gasteiger partial charge in [-0.1, -0.05) is 17.7 Å². The zero-order chi connectivity index (χ0) is 15.5. The van der Waals surface area contributed by atoms with E-state index < -0.39 is 0 Å². The lowest BCUT2D eigenvalue weighted by molar-refractivity contribution is 0.294. The van der Waals surface area contributed by atoms with E-state index in [2.05, 4.69) is 50.2 Å². The summed E-state index contributed by atoms with van der Waals surface area (Å²) in [5, 5.41) is 7.84. The second-order valence-corrected chi connectivity index (χ2v) is 6.48. The highest BCUT2D eigenvalue weighted by Gasteiger charge is 2.11. The van der Waals surface area contributed by atoms with Gasteiger partial charge in [-0.05, 0) is 39.8 Å². The molecule has 1 N–H and O–H groups in total. The van der Waals surface area contributed by atoms with Gasteiger partial charge in [0.2, 0.25) is 0 Å². The van der Waals surface area contributed by atoms with Crippen molar-refractivity contribution in [2.75, 3.05) is 0 Å². The van der Waals surface area contributed by atoms with Crippen molar-refractivity contribution in [1.82, 2.24) is 15.1 Å². The Morgan fingerprint density at radius 3 is 2.62 bits per heavy atom. The highest BCUT2D eigenvalue weighted by molar-refractivity contribution is 5.37. The van der Waals surface area contributed by atoms with E-state index in [4.69, 9.17) is 4.74 Å². The number of aromatic nitrogens is 2. The molecule has 21 heavy (non-hydrogen) atoms. The first kappa shape index (κ1) is 15.6. The molecule has 0 aliphatic carbocycles. The lowest BCUT2D eigenvalue weighted by atomic mass is 10.1. The molecule has 0 amide bonds. The zero-order valence-electron chi connectivity index (χ0n) is 13.6. The van der Waals surface area contributed by atoms with Crippen LogP contribution >= 0.6 is 0 Å². The number of hydrogen-bond acceptors (Lipinski definition) is 3. The van der Waals surface area contributed by atoms with Crippen molar-refractivity contribution < 1.29 is 4.74 Å². The molecule has 0 atom stereocenters. The topological polar surface area (TPSA) is 39.1 Å². The molecule has 0 fully saturated rings. The van der Waals surface area contributed by atoms with Crippen LogP contribution in [0.15, 0.2) is 30.5 Å². The van der Waals surface area contributed by atoms with Gasteiger partial charge in [-0.15, -0.1) is 0 Å². The smallest absolute Gasteiger partial charge is 0.132 e. The fourth-order valence-electron chi connectivity index (χ4n) is 2.04. The summed E-state index contributed by atoms with van der Waals surface area (Å²) in [5.41, 5.74) is 3.45. The maximum absolute atomic E-state index is 5.94. The summed E-state index contributed by atoms with van der Waals surface area (Å²) in [6, 6.07) is 8.26. The average Bonchev–Trinajstić information content (AvgIpc) is 2.80. The van der Waals surface area contributed by atoms with Crippen molar-refractivity contribution in [3.63, 3.8) is 0 Å². The van der Waals surface area contributed by atoms with Gasteiger partial charge in [0.15, 0.2) is 0 Å². The molecule has 4 heteroatoms. The predicted octanol–water partition coefficient (Wildman–Crippen LogP) is 3.20. The molecule has 0 bridgehead atoms. The Bertz CT molecular complexity index is 596. The van der Waals surface area contributed by atoms with Gasteiger partial charge in [0.05, 0.1) is 5.69 Å². The van der Waals surface area contributed by atoms with E-state index in [0.717, 1.165) is 18.0 Å². The van der Waals surface area contributed by atoms with Crippen molar-refractivity contribution in [2.24, 2.45) is 7.05 Å². The van der Waals surface area contributed by atoms with Crippen LogP contribution in [0.1, 0.15) is 37.6 Å². The summed E-state index contributed by atoms with van der Waals surface area (Å²) in [6.45, 7) is 9.88. The normalized spacial score (nSPS) is 11.7. The van der Waals surface area contributed by atoms with E-state index in [9.17, 15) is 0 Å². The van der Waals surface area contributed by atoms with Gasteiger partial charge < -0.3 is 10.1 Å². The van der Waals surface area contributed by atoms with Crippen molar-refractivity contribution >= 4 is 0 Å². The van der Waals surface area contributed by atoms with Crippen LogP contribution in [0.25, 0.3) is 0 Å². The summed E-state index contributed by atoms with van der Waals surface area (Å²) < 4.78 is 7.73. The summed E-state index contributed by atoms with van der Waals surface area (Å²) >= 11 is 0. The second kappa shape index (κ2) is 6.31. The van der Waals surface area contributed by atoms with E-state index in [1.54, 1.807) is 4.68 Å². The highest BCUT2D eigenvalue weighted by Crippen LogP contribution is 2.21. The maximum atomic E-state index is 5.94. The van der Waals surface area contributed by atoms with Crippen LogP contribution in [0.5, 0.6) is 5.75 Å². The van der Waals surface area contributed by atoms with Crippen LogP contribution in [0.3, 0.4) is 0 Å². The van der Waals surface area contributed by atoms with E-state index in [1.807, 2.05) is 25.4 Å². The fourth-order valence-corrected chi connectivity index (χ4v) is 2.04. The average molecular weight is 287 g/mol. The summed E-state index contributed by atoms with van der Waals surface area (Å²) in [7, 11) is 1.91. The van der Waals surface area contributed by atoms with E-state index >= 15 is 0 Å². The van der Waals surface area contributed by atoms with Crippen LogP contribution in [-0.4, -0.2) is 15.3 Å². The van der Waals surface area contributed by atoms with Crippen molar-refractivity contribution in [1.29, 1.82) is 0 Å². The third-order valence-corrected chi connectivity index (χ3v) is 3.17. The number of rotatable bonds is 5. The van der Waals surface area contributed by atoms with Crippen LogP contribution in [0.4, 0.5) is 0 Å². The van der Waals surface area contributed by atoms with Crippen molar-refractivity contribution in [3.05, 3.63) is 47.3 Å². The minimum absolute atomic E-state index is 0.0853. The minimum Gasteiger partial charge on any atom is -0.487 e. The van der Waals surface area contributed by atoms with Crippen LogP contribution < -0.4 is 10.1 Å². The Morgan fingerprint density at radius 2 is 2.00 bits per heavy atom. The van der Waals surface area contributed by atoms with Gasteiger partial charge in [-0.2, -0.15) is 5.10 Å². The van der Waals surface area contributed by atoms with Gasteiger partial charge in [0, 0.05) is 30.9 Å². The summed E-state index contributed by atoms with van der Waals surface area (Å²) in [5.74, 6) is 0.919. The zero-order valence-corrected chi connectivity index (χ0v) is 13.6. The van der Waals surface area contributed by atoms with Crippen molar-refractivity contribution in [3.8, 4) is 5.75 Å². The number of benzene rings is 1. The molecule has 2 aromatic rings. The third-order valence-electron chi connectivity index (χ3n) is 3.17. The molecule has 0 aliphatic rings. The predicted molar refractivity (Wildman–Crippen MR) is 85.3 cm³/mol. The molecule has 2 rings (SSSR count). The summed E-state index contributed by atoms with van der Waals surface area (Å²) in [6.07, 6.45) is 1.93. The van der Waals surface area contributed by atoms with Crippen LogP contribution in [0, 0.1) is 6.92 Å².